The summed E-state index contributed by atoms with van der Waals surface area (Å²) < 4.78 is 10.5. The van der Waals surface area contributed by atoms with E-state index in [0.717, 1.165) is 0 Å². The molecule has 0 saturated carbocycles. The number of aliphatic hydroxyl groups excluding tert-OH is 3. The molecule has 5 N–H and O–H groups in total. The maximum atomic E-state index is 9.81. The second-order valence-corrected chi connectivity index (χ2v) is 5.25. The van der Waals surface area contributed by atoms with E-state index < -0.39 is 30.5 Å². The van der Waals surface area contributed by atoms with Crippen LogP contribution in [0.4, 0.5) is 0 Å². The third kappa shape index (κ3) is 2.62. The van der Waals surface area contributed by atoms with Gasteiger partial charge in [0.25, 0.3) is 0 Å². The van der Waals surface area contributed by atoms with E-state index in [4.69, 9.17) is 15.2 Å². The predicted octanol–water partition coefficient (Wildman–Crippen LogP) is -1.64. The molecule has 1 unspecified atom stereocenters. The van der Waals surface area contributed by atoms with Crippen molar-refractivity contribution in [3.63, 3.8) is 0 Å². The predicted molar refractivity (Wildman–Crippen MR) is 59.3 cm³/mol. The van der Waals surface area contributed by atoms with E-state index in [1.54, 1.807) is 6.92 Å². The smallest absolute Gasteiger partial charge is 0.111 e. The van der Waals surface area contributed by atoms with Gasteiger partial charge in [0.05, 0.1) is 31.0 Å². The Morgan fingerprint density at radius 3 is 2.35 bits per heavy atom. The number of hydrogen-bond acceptors (Lipinski definition) is 6. The molecule has 2 rings (SSSR count). The fourth-order valence-corrected chi connectivity index (χ4v) is 2.31. The van der Waals surface area contributed by atoms with Gasteiger partial charge < -0.3 is 30.5 Å². The van der Waals surface area contributed by atoms with Crippen LogP contribution in [0.5, 0.6) is 0 Å². The van der Waals surface area contributed by atoms with E-state index in [2.05, 4.69) is 0 Å². The molecule has 2 fully saturated rings. The Bertz CT molecular complexity index is 271. The zero-order chi connectivity index (χ0) is 12.6. The lowest BCUT2D eigenvalue weighted by Crippen LogP contribution is -2.60. The molecule has 6 nitrogen and oxygen atoms in total. The van der Waals surface area contributed by atoms with Crippen molar-refractivity contribution in [3.05, 3.63) is 0 Å². The zero-order valence-corrected chi connectivity index (χ0v) is 9.95. The first-order valence-corrected chi connectivity index (χ1v) is 5.99. The average Bonchev–Trinajstić information content (AvgIpc) is 2.27. The Labute approximate surface area is 100 Å². The maximum absolute atomic E-state index is 9.81. The lowest BCUT2D eigenvalue weighted by atomic mass is 9.87. The molecule has 0 radical (unpaired) electrons. The van der Waals surface area contributed by atoms with Gasteiger partial charge in [0.15, 0.2) is 0 Å². The largest absolute Gasteiger partial charge is 0.388 e. The number of ether oxygens (including phenoxy) is 2. The lowest BCUT2D eigenvalue weighted by molar-refractivity contribution is -0.220. The molecule has 0 bridgehead atoms. The molecule has 0 aromatic carbocycles. The van der Waals surface area contributed by atoms with Crippen LogP contribution in [-0.4, -0.2) is 64.6 Å². The Kier molecular flexibility index (Phi) is 3.72. The second-order valence-electron chi connectivity index (χ2n) is 5.25. The summed E-state index contributed by atoms with van der Waals surface area (Å²) >= 11 is 0. The lowest BCUT2D eigenvalue weighted by Gasteiger charge is -2.42. The zero-order valence-electron chi connectivity index (χ0n) is 9.95. The highest BCUT2D eigenvalue weighted by atomic mass is 16.5. The minimum absolute atomic E-state index is 0.326. The molecule has 17 heavy (non-hydrogen) atoms. The van der Waals surface area contributed by atoms with Gasteiger partial charge in [0.2, 0.25) is 0 Å². The van der Waals surface area contributed by atoms with Crippen LogP contribution in [0.1, 0.15) is 19.8 Å². The topological polar surface area (TPSA) is 105 Å². The summed E-state index contributed by atoms with van der Waals surface area (Å²) in [4.78, 5) is 0. The normalized spacial score (nSPS) is 45.4. The molecule has 0 aromatic heterocycles. The Morgan fingerprint density at radius 1 is 1.18 bits per heavy atom. The van der Waals surface area contributed by atoms with Crippen molar-refractivity contribution in [2.45, 2.75) is 55.8 Å². The first kappa shape index (κ1) is 13.2. The minimum Gasteiger partial charge on any atom is -0.388 e. The molecular weight excluding hydrogens is 226 g/mol. The first-order chi connectivity index (χ1) is 7.93. The SMILES string of the molecule is CC1O[C@H](CCC2(N)COC2)[C@@H](O)[C@H](O)[C@@H]1O. The van der Waals surface area contributed by atoms with E-state index in [0.29, 0.717) is 26.1 Å². The monoisotopic (exact) mass is 247 g/mol. The molecule has 100 valence electrons. The standard InChI is InChI=1S/C11H21NO5/c1-6-8(13)10(15)9(14)7(17-6)2-3-11(12)4-16-5-11/h6-10,13-15H,2-5,12H2,1H3/t6?,7-,8-,9-,10-/m1/s1. The minimum atomic E-state index is -1.16. The van der Waals surface area contributed by atoms with Crippen LogP contribution in [0.2, 0.25) is 0 Å². The summed E-state index contributed by atoms with van der Waals surface area (Å²) in [5.41, 5.74) is 5.66. The summed E-state index contributed by atoms with van der Waals surface area (Å²) in [5, 5.41) is 29.0. The van der Waals surface area contributed by atoms with Crippen LogP contribution in [0.25, 0.3) is 0 Å². The van der Waals surface area contributed by atoms with Crippen LogP contribution < -0.4 is 5.73 Å². The third-order valence-electron chi connectivity index (χ3n) is 3.66. The highest BCUT2D eigenvalue weighted by molar-refractivity contribution is 4.95. The van der Waals surface area contributed by atoms with Crippen molar-refractivity contribution in [3.8, 4) is 0 Å². The number of rotatable bonds is 3. The van der Waals surface area contributed by atoms with Crippen LogP contribution in [-0.2, 0) is 9.47 Å². The van der Waals surface area contributed by atoms with Crippen molar-refractivity contribution >= 4 is 0 Å². The van der Waals surface area contributed by atoms with Gasteiger partial charge in [0, 0.05) is 0 Å². The Balaban J connectivity index is 1.87. The Morgan fingerprint density at radius 2 is 1.82 bits per heavy atom. The van der Waals surface area contributed by atoms with E-state index >= 15 is 0 Å². The van der Waals surface area contributed by atoms with Crippen LogP contribution in [0, 0.1) is 0 Å². The Hall–Kier alpha value is -0.240. The van der Waals surface area contributed by atoms with Gasteiger partial charge in [-0.15, -0.1) is 0 Å². The first-order valence-electron chi connectivity index (χ1n) is 5.99. The quantitative estimate of drug-likeness (QED) is 0.477. The van der Waals surface area contributed by atoms with Gasteiger partial charge in [-0.1, -0.05) is 0 Å². The van der Waals surface area contributed by atoms with Crippen LogP contribution in [0.15, 0.2) is 0 Å². The fraction of sp³-hybridized carbons (Fsp3) is 1.00. The van der Waals surface area contributed by atoms with E-state index in [-0.39, 0.29) is 5.54 Å². The van der Waals surface area contributed by atoms with Crippen molar-refractivity contribution in [2.75, 3.05) is 13.2 Å². The van der Waals surface area contributed by atoms with Crippen molar-refractivity contribution in [1.82, 2.24) is 0 Å². The number of hydrogen-bond donors (Lipinski definition) is 4. The molecule has 0 aromatic rings. The van der Waals surface area contributed by atoms with Gasteiger partial charge in [-0.3, -0.25) is 0 Å². The molecule has 2 heterocycles. The summed E-state index contributed by atoms with van der Waals surface area (Å²) in [6.07, 6.45) is -3.01. The van der Waals surface area contributed by atoms with Crippen LogP contribution in [0.3, 0.4) is 0 Å². The van der Waals surface area contributed by atoms with E-state index in [1.165, 1.54) is 0 Å². The molecule has 2 aliphatic rings. The molecule has 0 aliphatic carbocycles. The maximum Gasteiger partial charge on any atom is 0.111 e. The fourth-order valence-electron chi connectivity index (χ4n) is 2.31. The van der Waals surface area contributed by atoms with Gasteiger partial charge in [-0.25, -0.2) is 0 Å². The highest BCUT2D eigenvalue weighted by Crippen LogP contribution is 2.27. The van der Waals surface area contributed by atoms with Crippen LogP contribution >= 0.6 is 0 Å². The highest BCUT2D eigenvalue weighted by Gasteiger charge is 2.43. The number of nitrogens with two attached hydrogens (primary N) is 1. The van der Waals surface area contributed by atoms with E-state index in [1.807, 2.05) is 0 Å². The van der Waals surface area contributed by atoms with Gasteiger partial charge in [-0.05, 0) is 19.8 Å². The van der Waals surface area contributed by atoms with Gasteiger partial charge >= 0.3 is 0 Å². The summed E-state index contributed by atoms with van der Waals surface area (Å²) in [5.74, 6) is 0. The summed E-state index contributed by atoms with van der Waals surface area (Å²) in [6, 6.07) is 0. The average molecular weight is 247 g/mol. The second kappa shape index (κ2) is 4.79. The third-order valence-corrected chi connectivity index (χ3v) is 3.66. The molecular formula is C11H21NO5. The summed E-state index contributed by atoms with van der Waals surface area (Å²) in [7, 11) is 0. The van der Waals surface area contributed by atoms with Gasteiger partial charge in [0.1, 0.15) is 18.3 Å². The molecule has 2 aliphatic heterocycles. The molecule has 5 atom stereocenters. The molecule has 2 saturated heterocycles. The van der Waals surface area contributed by atoms with Gasteiger partial charge in [-0.2, -0.15) is 0 Å². The molecule has 0 amide bonds. The summed E-state index contributed by atoms with van der Waals surface area (Å²) in [6.45, 7) is 2.73. The van der Waals surface area contributed by atoms with Crippen molar-refractivity contribution < 1.29 is 24.8 Å². The van der Waals surface area contributed by atoms with Crippen molar-refractivity contribution in [2.24, 2.45) is 5.73 Å². The number of aliphatic hydroxyl groups is 3. The van der Waals surface area contributed by atoms with E-state index in [9.17, 15) is 15.3 Å². The van der Waals surface area contributed by atoms with Crippen molar-refractivity contribution in [1.29, 1.82) is 0 Å². The molecule has 6 heteroatoms. The molecule has 0 spiro atoms.